The summed E-state index contributed by atoms with van der Waals surface area (Å²) in [6, 6.07) is 2.75. The van der Waals surface area contributed by atoms with Crippen LogP contribution in [0.1, 0.15) is 25.7 Å². The third-order valence-electron chi connectivity index (χ3n) is 4.42. The molecule has 0 amide bonds. The van der Waals surface area contributed by atoms with E-state index in [-0.39, 0.29) is 0 Å². The molecule has 5 heteroatoms. The van der Waals surface area contributed by atoms with Gasteiger partial charge in [-0.1, -0.05) is 0 Å². The Bertz CT molecular complexity index is 583. The molecule has 0 aromatic carbocycles. The number of hydrogen-bond donors (Lipinski definition) is 1. The van der Waals surface area contributed by atoms with Crippen molar-refractivity contribution in [2.45, 2.75) is 31.7 Å². The molecule has 2 aromatic rings. The van der Waals surface area contributed by atoms with E-state index >= 15 is 0 Å². The zero-order valence-corrected chi connectivity index (χ0v) is 11.7. The van der Waals surface area contributed by atoms with Gasteiger partial charge in [0.1, 0.15) is 5.52 Å². The number of fused-ring (bicyclic) bond motifs is 1. The van der Waals surface area contributed by atoms with E-state index in [1.165, 1.54) is 32.2 Å². The predicted molar refractivity (Wildman–Crippen MR) is 78.9 cm³/mol. The van der Waals surface area contributed by atoms with E-state index in [0.29, 0.717) is 6.04 Å². The SMILES string of the molecule is c1cn2nccc2c(N(CC2CCCNC2)C2CC2)n1. The lowest BCUT2D eigenvalue weighted by Crippen LogP contribution is -2.39. The van der Waals surface area contributed by atoms with E-state index in [9.17, 15) is 0 Å². The molecule has 2 aromatic heterocycles. The highest BCUT2D eigenvalue weighted by molar-refractivity contribution is 5.69. The quantitative estimate of drug-likeness (QED) is 0.919. The first-order chi connectivity index (χ1) is 9.92. The van der Waals surface area contributed by atoms with Gasteiger partial charge in [-0.15, -0.1) is 0 Å². The topological polar surface area (TPSA) is 45.5 Å². The Hall–Kier alpha value is -1.62. The Morgan fingerprint density at radius 3 is 3.05 bits per heavy atom. The fraction of sp³-hybridized carbons (Fsp3) is 0.600. The van der Waals surface area contributed by atoms with Gasteiger partial charge in [0, 0.05) is 25.0 Å². The number of aromatic nitrogens is 3. The van der Waals surface area contributed by atoms with Crippen LogP contribution < -0.4 is 10.2 Å². The van der Waals surface area contributed by atoms with E-state index in [4.69, 9.17) is 0 Å². The summed E-state index contributed by atoms with van der Waals surface area (Å²) in [6.07, 6.45) is 10.9. The van der Waals surface area contributed by atoms with Crippen LogP contribution in [-0.4, -0.2) is 40.3 Å². The molecule has 1 saturated heterocycles. The third kappa shape index (κ3) is 2.26. The first-order valence-corrected chi connectivity index (χ1v) is 7.67. The minimum Gasteiger partial charge on any atom is -0.352 e. The molecule has 2 aliphatic rings. The first-order valence-electron chi connectivity index (χ1n) is 7.67. The minimum atomic E-state index is 0.686. The highest BCUT2D eigenvalue weighted by atomic mass is 15.3. The molecule has 1 aliphatic carbocycles. The fourth-order valence-electron chi connectivity index (χ4n) is 3.22. The van der Waals surface area contributed by atoms with Crippen LogP contribution in [-0.2, 0) is 0 Å². The van der Waals surface area contributed by atoms with Gasteiger partial charge in [0.2, 0.25) is 0 Å². The van der Waals surface area contributed by atoms with E-state index < -0.39 is 0 Å². The summed E-state index contributed by atoms with van der Waals surface area (Å²) in [4.78, 5) is 7.17. The van der Waals surface area contributed by atoms with Gasteiger partial charge >= 0.3 is 0 Å². The van der Waals surface area contributed by atoms with Gasteiger partial charge in [-0.05, 0) is 50.8 Å². The van der Waals surface area contributed by atoms with Crippen LogP contribution >= 0.6 is 0 Å². The average Bonchev–Trinajstić information content (AvgIpc) is 3.22. The summed E-state index contributed by atoms with van der Waals surface area (Å²) in [5, 5.41) is 7.84. The number of hydrogen-bond acceptors (Lipinski definition) is 4. The van der Waals surface area contributed by atoms with E-state index in [2.05, 4.69) is 26.4 Å². The summed E-state index contributed by atoms with van der Waals surface area (Å²) in [7, 11) is 0. The minimum absolute atomic E-state index is 0.686. The Kier molecular flexibility index (Phi) is 3.07. The van der Waals surface area contributed by atoms with E-state index in [1.807, 2.05) is 23.1 Å². The van der Waals surface area contributed by atoms with E-state index in [1.54, 1.807) is 0 Å². The van der Waals surface area contributed by atoms with E-state index in [0.717, 1.165) is 30.3 Å². The zero-order valence-electron chi connectivity index (χ0n) is 11.7. The normalized spacial score (nSPS) is 23.1. The van der Waals surface area contributed by atoms with Crippen LogP contribution in [0.25, 0.3) is 5.52 Å². The molecule has 3 heterocycles. The van der Waals surface area contributed by atoms with Crippen molar-refractivity contribution in [2.75, 3.05) is 24.5 Å². The van der Waals surface area contributed by atoms with Crippen molar-refractivity contribution in [3.05, 3.63) is 24.7 Å². The second-order valence-corrected chi connectivity index (χ2v) is 6.01. The van der Waals surface area contributed by atoms with Crippen molar-refractivity contribution in [3.8, 4) is 0 Å². The van der Waals surface area contributed by atoms with Crippen LogP contribution in [0, 0.1) is 5.92 Å². The van der Waals surface area contributed by atoms with Crippen LogP contribution in [0.15, 0.2) is 24.7 Å². The monoisotopic (exact) mass is 271 g/mol. The lowest BCUT2D eigenvalue weighted by atomic mass is 9.99. The molecule has 106 valence electrons. The molecule has 2 fully saturated rings. The summed E-state index contributed by atoms with van der Waals surface area (Å²) in [5.74, 6) is 1.85. The molecule has 1 atom stereocenters. The highest BCUT2D eigenvalue weighted by Gasteiger charge is 2.33. The standard InChI is InChI=1S/C15H21N5/c1-2-12(10-16-6-1)11-19(13-3-4-13)15-14-5-7-18-20(14)9-8-17-15/h5,7-9,12-13,16H,1-4,6,10-11H2. The van der Waals surface area contributed by atoms with Crippen molar-refractivity contribution in [1.82, 2.24) is 19.9 Å². The van der Waals surface area contributed by atoms with Gasteiger partial charge in [0.15, 0.2) is 5.82 Å². The second-order valence-electron chi connectivity index (χ2n) is 6.01. The molecule has 1 aliphatic heterocycles. The number of anilines is 1. The lowest BCUT2D eigenvalue weighted by molar-refractivity contribution is 0.375. The van der Waals surface area contributed by atoms with Crippen molar-refractivity contribution in [2.24, 2.45) is 5.92 Å². The molecular formula is C15H21N5. The number of piperidine rings is 1. The molecule has 1 unspecified atom stereocenters. The molecule has 5 nitrogen and oxygen atoms in total. The van der Waals surface area contributed by atoms with Crippen LogP contribution in [0.2, 0.25) is 0 Å². The average molecular weight is 271 g/mol. The van der Waals surface area contributed by atoms with Gasteiger partial charge in [-0.3, -0.25) is 0 Å². The maximum Gasteiger partial charge on any atom is 0.154 e. The van der Waals surface area contributed by atoms with Gasteiger partial charge in [0.25, 0.3) is 0 Å². The van der Waals surface area contributed by atoms with Crippen LogP contribution in [0.3, 0.4) is 0 Å². The van der Waals surface area contributed by atoms with Crippen molar-refractivity contribution in [1.29, 1.82) is 0 Å². The van der Waals surface area contributed by atoms with Crippen molar-refractivity contribution < 1.29 is 0 Å². The van der Waals surface area contributed by atoms with Crippen molar-refractivity contribution >= 4 is 11.3 Å². The van der Waals surface area contributed by atoms with Crippen LogP contribution in [0.4, 0.5) is 5.82 Å². The highest BCUT2D eigenvalue weighted by Crippen LogP contribution is 2.33. The molecular weight excluding hydrogens is 250 g/mol. The summed E-state index contributed by atoms with van der Waals surface area (Å²) in [5.41, 5.74) is 1.13. The van der Waals surface area contributed by atoms with Crippen LogP contribution in [0.5, 0.6) is 0 Å². The second kappa shape index (κ2) is 5.05. The van der Waals surface area contributed by atoms with Gasteiger partial charge in [-0.2, -0.15) is 5.10 Å². The maximum atomic E-state index is 4.65. The first kappa shape index (κ1) is 12.1. The Morgan fingerprint density at radius 1 is 1.30 bits per heavy atom. The Morgan fingerprint density at radius 2 is 2.25 bits per heavy atom. The maximum absolute atomic E-state index is 4.65. The smallest absolute Gasteiger partial charge is 0.154 e. The Balaban J connectivity index is 1.63. The number of nitrogens with zero attached hydrogens (tertiary/aromatic N) is 4. The predicted octanol–water partition coefficient (Wildman–Crippen LogP) is 1.70. The van der Waals surface area contributed by atoms with Crippen molar-refractivity contribution in [3.63, 3.8) is 0 Å². The molecule has 1 N–H and O–H groups in total. The fourth-order valence-corrected chi connectivity index (χ4v) is 3.22. The molecule has 1 saturated carbocycles. The lowest BCUT2D eigenvalue weighted by Gasteiger charge is -2.31. The summed E-state index contributed by atoms with van der Waals surface area (Å²) in [6.45, 7) is 3.44. The third-order valence-corrected chi connectivity index (χ3v) is 4.42. The summed E-state index contributed by atoms with van der Waals surface area (Å²) < 4.78 is 1.93. The number of rotatable bonds is 4. The summed E-state index contributed by atoms with van der Waals surface area (Å²) >= 11 is 0. The molecule has 0 spiro atoms. The molecule has 0 radical (unpaired) electrons. The Labute approximate surface area is 119 Å². The molecule has 0 bridgehead atoms. The van der Waals surface area contributed by atoms with Gasteiger partial charge in [0.05, 0.1) is 6.20 Å². The van der Waals surface area contributed by atoms with Gasteiger partial charge in [-0.25, -0.2) is 9.50 Å². The van der Waals surface area contributed by atoms with Gasteiger partial charge < -0.3 is 10.2 Å². The molecule has 20 heavy (non-hydrogen) atoms. The zero-order chi connectivity index (χ0) is 13.4. The number of nitrogens with one attached hydrogen (secondary N) is 1. The largest absolute Gasteiger partial charge is 0.352 e. The molecule has 4 rings (SSSR count).